The Morgan fingerprint density at radius 1 is 0.848 bits per heavy atom. The summed E-state index contributed by atoms with van der Waals surface area (Å²) in [6.45, 7) is 10.3. The van der Waals surface area contributed by atoms with Gasteiger partial charge in [-0.2, -0.15) is 0 Å². The maximum atomic E-state index is 14.6. The van der Waals surface area contributed by atoms with Crippen molar-refractivity contribution < 1.29 is 32.6 Å². The van der Waals surface area contributed by atoms with Gasteiger partial charge < -0.3 is 18.6 Å². The Hall–Kier alpha value is -4.13. The Labute approximate surface area is 190 Å². The largest absolute Gasteiger partial charge is 0.490 e. The fourth-order valence-corrected chi connectivity index (χ4v) is 2.72. The lowest BCUT2D eigenvalue weighted by atomic mass is 10.1. The van der Waals surface area contributed by atoms with Crippen LogP contribution in [-0.2, 0) is 14.3 Å². The number of hydrogen-bond donors (Lipinski definition) is 0. The number of esters is 2. The van der Waals surface area contributed by atoms with E-state index in [-0.39, 0.29) is 18.8 Å². The Morgan fingerprint density at radius 2 is 1.48 bits per heavy atom. The van der Waals surface area contributed by atoms with Crippen molar-refractivity contribution in [2.45, 2.75) is 13.8 Å². The molecule has 6 nitrogen and oxygen atoms in total. The maximum Gasteiger partial charge on any atom is 0.338 e. The molecule has 0 aliphatic rings. The zero-order valence-electron chi connectivity index (χ0n) is 18.4. The number of hydrogen-bond acceptors (Lipinski definition) is 6. The van der Waals surface area contributed by atoms with Gasteiger partial charge in [0.15, 0.2) is 0 Å². The summed E-state index contributed by atoms with van der Waals surface area (Å²) in [6.07, 6.45) is 0. The van der Waals surface area contributed by atoms with Crippen molar-refractivity contribution in [2.24, 2.45) is 0 Å². The van der Waals surface area contributed by atoms with Crippen molar-refractivity contribution in [3.8, 4) is 34.1 Å². The van der Waals surface area contributed by atoms with Crippen LogP contribution in [0.5, 0.6) is 11.5 Å². The van der Waals surface area contributed by atoms with E-state index in [1.807, 2.05) is 0 Å². The second-order valence-corrected chi connectivity index (χ2v) is 7.26. The Balaban J connectivity index is 1.64. The van der Waals surface area contributed by atoms with Gasteiger partial charge in [-0.3, -0.25) is 0 Å². The van der Waals surface area contributed by atoms with Crippen molar-refractivity contribution in [1.82, 2.24) is 0 Å². The highest BCUT2D eigenvalue weighted by atomic mass is 19.1. The first-order valence-corrected chi connectivity index (χ1v) is 10.1. The maximum absolute atomic E-state index is 14.6. The van der Waals surface area contributed by atoms with Gasteiger partial charge in [0.1, 0.15) is 42.1 Å². The van der Waals surface area contributed by atoms with Crippen LogP contribution in [-0.4, -0.2) is 25.2 Å². The Morgan fingerprint density at radius 3 is 2.12 bits per heavy atom. The van der Waals surface area contributed by atoms with E-state index in [9.17, 15) is 14.0 Å². The van der Waals surface area contributed by atoms with E-state index in [2.05, 4.69) is 13.2 Å². The fraction of sp³-hybridized carbons (Fsp3) is 0.154. The lowest BCUT2D eigenvalue weighted by Gasteiger charge is -2.08. The molecule has 0 spiro atoms. The van der Waals surface area contributed by atoms with Crippen molar-refractivity contribution >= 4 is 11.9 Å². The third kappa shape index (κ3) is 6.20. The summed E-state index contributed by atoms with van der Waals surface area (Å²) in [5.74, 6) is 0.0392. The quantitative estimate of drug-likeness (QED) is 0.179. The second-order valence-electron chi connectivity index (χ2n) is 7.26. The van der Waals surface area contributed by atoms with Crippen molar-refractivity contribution in [3.63, 3.8) is 0 Å². The number of ether oxygens (including phenoxy) is 3. The first-order chi connectivity index (χ1) is 15.7. The SMILES string of the molecule is C=C(C)C(=O)OCCOc1ccc(-c2ccc(-c3ccc(OC(=O)C(=C)C)cc3)o2)c(F)c1. The molecule has 3 rings (SSSR count). The van der Waals surface area contributed by atoms with Crippen LogP contribution in [0.3, 0.4) is 0 Å². The first kappa shape index (κ1) is 23.5. The van der Waals surface area contributed by atoms with Crippen molar-refractivity contribution in [1.29, 1.82) is 0 Å². The molecular formula is C26H23FO6. The molecule has 2 aromatic carbocycles. The van der Waals surface area contributed by atoms with E-state index in [0.29, 0.717) is 34.2 Å². The van der Waals surface area contributed by atoms with Crippen molar-refractivity contribution in [3.05, 3.63) is 84.7 Å². The number of rotatable bonds is 9. The standard InChI is InChI=1S/C26H23FO6/c1-16(2)25(28)31-14-13-30-20-9-10-21(22(27)15-20)24-12-11-23(33-24)18-5-7-19(8-6-18)32-26(29)17(3)4/h5-12,15H,1,3,13-14H2,2,4H3. The van der Waals surface area contributed by atoms with E-state index in [4.69, 9.17) is 18.6 Å². The number of halogens is 1. The van der Waals surface area contributed by atoms with Crippen LogP contribution in [0, 0.1) is 5.82 Å². The van der Waals surface area contributed by atoms with Crippen LogP contribution in [0.15, 0.2) is 83.3 Å². The molecule has 0 N–H and O–H groups in total. The number of benzene rings is 2. The molecule has 1 heterocycles. The van der Waals surface area contributed by atoms with E-state index in [0.717, 1.165) is 5.56 Å². The van der Waals surface area contributed by atoms with Crippen LogP contribution in [0.2, 0.25) is 0 Å². The number of furan rings is 1. The number of carbonyl (C=O) groups is 2. The zero-order chi connectivity index (χ0) is 24.0. The summed E-state index contributed by atoms with van der Waals surface area (Å²) < 4.78 is 36.0. The molecule has 0 aliphatic heterocycles. The third-order valence-corrected chi connectivity index (χ3v) is 4.44. The topological polar surface area (TPSA) is 75.0 Å². The van der Waals surface area contributed by atoms with E-state index in [1.54, 1.807) is 62.4 Å². The van der Waals surface area contributed by atoms with Crippen LogP contribution in [0.25, 0.3) is 22.6 Å². The molecule has 0 atom stereocenters. The molecule has 3 aromatic rings. The van der Waals surface area contributed by atoms with Gasteiger partial charge in [-0.25, -0.2) is 14.0 Å². The van der Waals surface area contributed by atoms with Gasteiger partial charge in [-0.05, 0) is 62.4 Å². The highest BCUT2D eigenvalue weighted by Gasteiger charge is 2.13. The number of carbonyl (C=O) groups excluding carboxylic acids is 2. The van der Waals surface area contributed by atoms with Gasteiger partial charge in [0.25, 0.3) is 0 Å². The van der Waals surface area contributed by atoms with Gasteiger partial charge in [0, 0.05) is 22.8 Å². The molecule has 0 fully saturated rings. The summed E-state index contributed by atoms with van der Waals surface area (Å²) in [7, 11) is 0. The third-order valence-electron chi connectivity index (χ3n) is 4.44. The van der Waals surface area contributed by atoms with Crippen LogP contribution < -0.4 is 9.47 Å². The molecule has 170 valence electrons. The highest BCUT2D eigenvalue weighted by molar-refractivity contribution is 5.88. The predicted octanol–water partition coefficient (Wildman–Crippen LogP) is 5.73. The molecule has 0 aliphatic carbocycles. The molecule has 0 unspecified atom stereocenters. The molecule has 0 radical (unpaired) electrons. The fourth-order valence-electron chi connectivity index (χ4n) is 2.72. The summed E-state index contributed by atoms with van der Waals surface area (Å²) in [5, 5.41) is 0. The highest BCUT2D eigenvalue weighted by Crippen LogP contribution is 2.32. The van der Waals surface area contributed by atoms with Crippen LogP contribution >= 0.6 is 0 Å². The van der Waals surface area contributed by atoms with E-state index in [1.165, 1.54) is 6.07 Å². The summed E-state index contributed by atoms with van der Waals surface area (Å²) in [6, 6.07) is 14.5. The Bertz CT molecular complexity index is 1190. The minimum atomic E-state index is -0.519. The molecule has 0 amide bonds. The zero-order valence-corrected chi connectivity index (χ0v) is 18.4. The second kappa shape index (κ2) is 10.5. The summed E-state index contributed by atoms with van der Waals surface area (Å²) >= 11 is 0. The normalized spacial score (nSPS) is 10.4. The summed E-state index contributed by atoms with van der Waals surface area (Å²) in [5.41, 5.74) is 1.61. The van der Waals surface area contributed by atoms with Gasteiger partial charge >= 0.3 is 11.9 Å². The minimum Gasteiger partial charge on any atom is -0.490 e. The monoisotopic (exact) mass is 450 g/mol. The predicted molar refractivity (Wildman–Crippen MR) is 121 cm³/mol. The lowest BCUT2D eigenvalue weighted by molar-refractivity contribution is -0.139. The summed E-state index contributed by atoms with van der Waals surface area (Å²) in [4.78, 5) is 22.9. The average Bonchev–Trinajstić information content (AvgIpc) is 3.27. The molecule has 0 bridgehead atoms. The van der Waals surface area contributed by atoms with Gasteiger partial charge in [0.2, 0.25) is 0 Å². The van der Waals surface area contributed by atoms with Gasteiger partial charge in [-0.15, -0.1) is 0 Å². The average molecular weight is 450 g/mol. The van der Waals surface area contributed by atoms with Crippen LogP contribution in [0.4, 0.5) is 4.39 Å². The molecule has 0 saturated heterocycles. The van der Waals surface area contributed by atoms with Crippen LogP contribution in [0.1, 0.15) is 13.8 Å². The first-order valence-electron chi connectivity index (χ1n) is 10.1. The smallest absolute Gasteiger partial charge is 0.338 e. The molecule has 0 saturated carbocycles. The van der Waals surface area contributed by atoms with Gasteiger partial charge in [-0.1, -0.05) is 13.2 Å². The molecule has 1 aromatic heterocycles. The van der Waals surface area contributed by atoms with E-state index < -0.39 is 17.8 Å². The minimum absolute atomic E-state index is 0.0296. The van der Waals surface area contributed by atoms with Gasteiger partial charge in [0.05, 0.1) is 5.56 Å². The molecular weight excluding hydrogens is 427 g/mol. The van der Waals surface area contributed by atoms with E-state index >= 15 is 0 Å². The lowest BCUT2D eigenvalue weighted by Crippen LogP contribution is -2.12. The van der Waals surface area contributed by atoms with Crippen molar-refractivity contribution in [2.75, 3.05) is 13.2 Å². The molecule has 7 heteroatoms. The molecule has 33 heavy (non-hydrogen) atoms. The Kier molecular flexibility index (Phi) is 7.46.